The average molecular weight is 390 g/mol. The van der Waals surface area contributed by atoms with Crippen LogP contribution in [0.15, 0.2) is 53.5 Å². The Hall–Kier alpha value is -2.38. The summed E-state index contributed by atoms with van der Waals surface area (Å²) in [5.41, 5.74) is 1.87. The first-order valence-corrected chi connectivity index (χ1v) is 9.34. The molecule has 0 radical (unpaired) electrons. The summed E-state index contributed by atoms with van der Waals surface area (Å²) in [5.74, 6) is 0.649. The van der Waals surface area contributed by atoms with Gasteiger partial charge in [-0.05, 0) is 23.3 Å². The van der Waals surface area contributed by atoms with Gasteiger partial charge in [0.05, 0.1) is 17.9 Å². The summed E-state index contributed by atoms with van der Waals surface area (Å²) in [6, 6.07) is 13.6. The predicted octanol–water partition coefficient (Wildman–Crippen LogP) is 3.92. The van der Waals surface area contributed by atoms with E-state index in [1.807, 2.05) is 24.3 Å². The highest BCUT2D eigenvalue weighted by Crippen LogP contribution is 2.22. The number of carbonyl (C=O) groups is 1. The number of benzene rings is 2. The van der Waals surface area contributed by atoms with Crippen molar-refractivity contribution in [2.45, 2.75) is 12.2 Å². The molecule has 2 aromatic carbocycles. The van der Waals surface area contributed by atoms with Crippen molar-refractivity contribution >= 4 is 40.1 Å². The molecule has 0 aromatic heterocycles. The molecule has 0 N–H and O–H groups in total. The molecule has 8 heteroatoms. The summed E-state index contributed by atoms with van der Waals surface area (Å²) in [4.78, 5) is 28.9. The van der Waals surface area contributed by atoms with Crippen LogP contribution in [-0.2, 0) is 17.0 Å². The van der Waals surface area contributed by atoms with Crippen molar-refractivity contribution in [2.75, 3.05) is 13.1 Å². The molecule has 26 heavy (non-hydrogen) atoms. The first-order valence-electron chi connectivity index (χ1n) is 7.98. The monoisotopic (exact) mass is 389 g/mol. The maximum atomic E-state index is 12.6. The van der Waals surface area contributed by atoms with Crippen molar-refractivity contribution in [3.63, 3.8) is 0 Å². The Morgan fingerprint density at radius 3 is 2.46 bits per heavy atom. The van der Waals surface area contributed by atoms with Gasteiger partial charge in [0.2, 0.25) is 5.91 Å². The fourth-order valence-electron chi connectivity index (χ4n) is 2.52. The summed E-state index contributed by atoms with van der Waals surface area (Å²) in [6.07, 6.45) is 0.193. The SMILES string of the molecule is O=C(Cc1ccc([N+](=O)[O-])cc1)N1CCN=C1SCc1ccc(Cl)cc1. The number of hydrogen-bond acceptors (Lipinski definition) is 5. The van der Waals surface area contributed by atoms with Gasteiger partial charge in [0.1, 0.15) is 0 Å². The molecule has 2 aromatic rings. The van der Waals surface area contributed by atoms with Gasteiger partial charge in [0.15, 0.2) is 5.17 Å². The molecule has 0 atom stereocenters. The molecule has 1 heterocycles. The zero-order chi connectivity index (χ0) is 18.5. The lowest BCUT2D eigenvalue weighted by atomic mass is 10.1. The Balaban J connectivity index is 1.58. The molecule has 0 fully saturated rings. The van der Waals surface area contributed by atoms with Gasteiger partial charge < -0.3 is 0 Å². The van der Waals surface area contributed by atoms with E-state index in [4.69, 9.17) is 11.6 Å². The highest BCUT2D eigenvalue weighted by molar-refractivity contribution is 8.13. The predicted molar refractivity (Wildman–Crippen MR) is 104 cm³/mol. The number of nitro groups is 1. The van der Waals surface area contributed by atoms with E-state index in [1.54, 1.807) is 17.0 Å². The maximum Gasteiger partial charge on any atom is 0.269 e. The zero-order valence-corrected chi connectivity index (χ0v) is 15.4. The van der Waals surface area contributed by atoms with Crippen molar-refractivity contribution in [1.82, 2.24) is 4.90 Å². The minimum atomic E-state index is -0.454. The van der Waals surface area contributed by atoms with Gasteiger partial charge in [-0.25, -0.2) is 0 Å². The second-order valence-corrected chi connectivity index (χ2v) is 7.10. The van der Waals surface area contributed by atoms with Crippen molar-refractivity contribution in [3.05, 3.63) is 74.8 Å². The normalized spacial score (nSPS) is 13.6. The highest BCUT2D eigenvalue weighted by Gasteiger charge is 2.24. The number of thioether (sulfide) groups is 1. The number of non-ortho nitro benzene ring substituents is 1. The fourth-order valence-corrected chi connectivity index (χ4v) is 3.66. The topological polar surface area (TPSA) is 75.8 Å². The number of nitrogens with zero attached hydrogens (tertiary/aromatic N) is 3. The van der Waals surface area contributed by atoms with Crippen LogP contribution < -0.4 is 0 Å². The molecule has 0 bridgehead atoms. The largest absolute Gasteiger partial charge is 0.289 e. The quantitative estimate of drug-likeness (QED) is 0.573. The van der Waals surface area contributed by atoms with Crippen molar-refractivity contribution in [1.29, 1.82) is 0 Å². The molecular formula is C18H16ClN3O3S. The number of amides is 1. The van der Waals surface area contributed by atoms with E-state index in [1.165, 1.54) is 23.9 Å². The Labute approximate surface area is 160 Å². The van der Waals surface area contributed by atoms with E-state index in [0.717, 1.165) is 11.1 Å². The van der Waals surface area contributed by atoms with Crippen LogP contribution >= 0.6 is 23.4 Å². The fraction of sp³-hybridized carbons (Fsp3) is 0.222. The molecule has 0 saturated heterocycles. The minimum Gasteiger partial charge on any atom is -0.289 e. The molecular weight excluding hydrogens is 374 g/mol. The van der Waals surface area contributed by atoms with Gasteiger partial charge in [-0.15, -0.1) is 0 Å². The van der Waals surface area contributed by atoms with Crippen LogP contribution in [0, 0.1) is 10.1 Å². The smallest absolute Gasteiger partial charge is 0.269 e. The molecule has 6 nitrogen and oxygen atoms in total. The van der Waals surface area contributed by atoms with Crippen molar-refractivity contribution < 1.29 is 9.72 Å². The average Bonchev–Trinajstić information content (AvgIpc) is 3.10. The molecule has 0 aliphatic carbocycles. The number of aliphatic imine (C=N–C) groups is 1. The Bertz CT molecular complexity index is 838. The third-order valence-electron chi connectivity index (χ3n) is 3.89. The molecule has 1 amide bonds. The number of nitro benzene ring substituents is 1. The van der Waals surface area contributed by atoms with Gasteiger partial charge in [-0.2, -0.15) is 0 Å². The van der Waals surface area contributed by atoms with E-state index in [2.05, 4.69) is 4.99 Å². The van der Waals surface area contributed by atoms with Gasteiger partial charge >= 0.3 is 0 Å². The van der Waals surface area contributed by atoms with Crippen LogP contribution in [0.4, 0.5) is 5.69 Å². The van der Waals surface area contributed by atoms with E-state index >= 15 is 0 Å². The zero-order valence-electron chi connectivity index (χ0n) is 13.8. The van der Waals surface area contributed by atoms with Gasteiger partial charge in [0.25, 0.3) is 5.69 Å². The lowest BCUT2D eigenvalue weighted by Crippen LogP contribution is -2.34. The van der Waals surface area contributed by atoms with E-state index in [0.29, 0.717) is 29.0 Å². The van der Waals surface area contributed by atoms with Crippen LogP contribution in [0.25, 0.3) is 0 Å². The second kappa shape index (κ2) is 8.33. The molecule has 0 saturated carbocycles. The van der Waals surface area contributed by atoms with E-state index in [9.17, 15) is 14.9 Å². The van der Waals surface area contributed by atoms with Crippen LogP contribution in [-0.4, -0.2) is 34.0 Å². The standard InChI is InChI=1S/C18H16ClN3O3S/c19-15-5-1-14(2-6-15)12-26-18-20-9-10-21(18)17(23)11-13-3-7-16(8-4-13)22(24)25/h1-8H,9-12H2. The van der Waals surface area contributed by atoms with Crippen LogP contribution in [0.1, 0.15) is 11.1 Å². The lowest BCUT2D eigenvalue weighted by molar-refractivity contribution is -0.384. The third kappa shape index (κ3) is 4.62. The summed E-state index contributed by atoms with van der Waals surface area (Å²) in [6.45, 7) is 1.16. The molecule has 1 aliphatic rings. The van der Waals surface area contributed by atoms with Gasteiger partial charge in [-0.1, -0.05) is 47.6 Å². The molecule has 0 spiro atoms. The first kappa shape index (κ1) is 18.4. The molecule has 3 rings (SSSR count). The second-order valence-electron chi connectivity index (χ2n) is 5.73. The number of rotatable bonds is 5. The van der Waals surface area contributed by atoms with Crippen LogP contribution in [0.2, 0.25) is 5.02 Å². The highest BCUT2D eigenvalue weighted by atomic mass is 35.5. The minimum absolute atomic E-state index is 0.0168. The molecule has 134 valence electrons. The van der Waals surface area contributed by atoms with Crippen molar-refractivity contribution in [2.24, 2.45) is 4.99 Å². The summed E-state index contributed by atoms with van der Waals surface area (Å²) < 4.78 is 0. The Morgan fingerprint density at radius 1 is 1.15 bits per heavy atom. The summed E-state index contributed by atoms with van der Waals surface area (Å²) >= 11 is 7.41. The first-order chi connectivity index (χ1) is 12.5. The number of amidine groups is 1. The summed E-state index contributed by atoms with van der Waals surface area (Å²) in [7, 11) is 0. The van der Waals surface area contributed by atoms with Crippen LogP contribution in [0.5, 0.6) is 0 Å². The molecule has 0 unspecified atom stereocenters. The number of hydrogen-bond donors (Lipinski definition) is 0. The van der Waals surface area contributed by atoms with E-state index in [-0.39, 0.29) is 18.0 Å². The van der Waals surface area contributed by atoms with Gasteiger partial charge in [0, 0.05) is 29.5 Å². The Kier molecular flexibility index (Phi) is 5.90. The number of halogens is 1. The third-order valence-corrected chi connectivity index (χ3v) is 5.22. The number of carbonyl (C=O) groups excluding carboxylic acids is 1. The van der Waals surface area contributed by atoms with Crippen molar-refractivity contribution in [3.8, 4) is 0 Å². The maximum absolute atomic E-state index is 12.6. The Morgan fingerprint density at radius 2 is 1.81 bits per heavy atom. The molecule has 1 aliphatic heterocycles. The van der Waals surface area contributed by atoms with Gasteiger partial charge in [-0.3, -0.25) is 24.8 Å². The lowest BCUT2D eigenvalue weighted by Gasteiger charge is -2.18. The summed E-state index contributed by atoms with van der Waals surface area (Å²) in [5, 5.41) is 12.1. The van der Waals surface area contributed by atoms with E-state index < -0.39 is 4.92 Å². The van der Waals surface area contributed by atoms with Crippen LogP contribution in [0.3, 0.4) is 0 Å².